The Hall–Kier alpha value is -2.25. The van der Waals surface area contributed by atoms with Gasteiger partial charge in [0, 0.05) is 13.7 Å². The molecule has 0 spiro atoms. The van der Waals surface area contributed by atoms with Crippen molar-refractivity contribution in [1.29, 1.82) is 0 Å². The molecule has 25 heavy (non-hydrogen) atoms. The van der Waals surface area contributed by atoms with Crippen molar-refractivity contribution < 1.29 is 14.1 Å². The van der Waals surface area contributed by atoms with Crippen LogP contribution in [0.4, 0.5) is 0 Å². The molecule has 0 radical (unpaired) electrons. The average Bonchev–Trinajstić information content (AvgIpc) is 3.07. The first-order valence-electron chi connectivity index (χ1n) is 8.38. The van der Waals surface area contributed by atoms with Crippen molar-refractivity contribution in [2.24, 2.45) is 11.7 Å². The summed E-state index contributed by atoms with van der Waals surface area (Å²) in [6.45, 7) is 6.84. The van der Waals surface area contributed by atoms with E-state index in [1.807, 2.05) is 37.3 Å². The molecule has 1 aromatic heterocycles. The van der Waals surface area contributed by atoms with Gasteiger partial charge in [0.15, 0.2) is 5.82 Å². The molecule has 1 heterocycles. The van der Waals surface area contributed by atoms with Gasteiger partial charge in [0.05, 0.1) is 6.54 Å². The summed E-state index contributed by atoms with van der Waals surface area (Å²) in [4.78, 5) is 18.2. The molecule has 0 saturated heterocycles. The third kappa shape index (κ3) is 5.37. The van der Waals surface area contributed by atoms with Crippen molar-refractivity contribution in [2.75, 3.05) is 13.7 Å². The maximum Gasteiger partial charge on any atom is 0.246 e. The van der Waals surface area contributed by atoms with Crippen molar-refractivity contribution in [2.45, 2.75) is 39.5 Å². The van der Waals surface area contributed by atoms with Crippen LogP contribution in [-0.2, 0) is 16.1 Å². The minimum atomic E-state index is -0.720. The first-order chi connectivity index (χ1) is 11.9. The zero-order chi connectivity index (χ0) is 18.4. The van der Waals surface area contributed by atoms with Crippen LogP contribution in [0.1, 0.15) is 50.2 Å². The van der Waals surface area contributed by atoms with Crippen molar-refractivity contribution in [3.8, 4) is 0 Å². The van der Waals surface area contributed by atoms with E-state index in [9.17, 15) is 4.79 Å². The Kier molecular flexibility index (Phi) is 6.66. The van der Waals surface area contributed by atoms with Gasteiger partial charge in [-0.25, -0.2) is 0 Å². The molecule has 0 fully saturated rings. The maximum absolute atomic E-state index is 12.5. The van der Waals surface area contributed by atoms with Gasteiger partial charge in [-0.15, -0.1) is 0 Å². The van der Waals surface area contributed by atoms with Crippen LogP contribution in [0.2, 0.25) is 0 Å². The Morgan fingerprint density at radius 2 is 1.96 bits per heavy atom. The van der Waals surface area contributed by atoms with E-state index >= 15 is 0 Å². The van der Waals surface area contributed by atoms with E-state index in [0.717, 1.165) is 5.56 Å². The molecule has 0 saturated carbocycles. The SMILES string of the molecule is CC(C)COC(C)c1noc(CN(C)C(=O)C(N)c2ccccc2)n1. The number of likely N-dealkylation sites (N-methyl/N-ethyl adjacent to an activating group) is 1. The van der Waals surface area contributed by atoms with Crippen molar-refractivity contribution in [1.82, 2.24) is 15.0 Å². The molecule has 0 aliphatic heterocycles. The van der Waals surface area contributed by atoms with Gasteiger partial charge in [-0.1, -0.05) is 49.3 Å². The molecule has 1 amide bonds. The summed E-state index contributed by atoms with van der Waals surface area (Å²) < 4.78 is 10.9. The third-order valence-corrected chi connectivity index (χ3v) is 3.70. The fourth-order valence-corrected chi connectivity index (χ4v) is 2.23. The lowest BCUT2D eigenvalue weighted by atomic mass is 10.1. The predicted octanol–water partition coefficient (Wildman–Crippen LogP) is 2.46. The van der Waals surface area contributed by atoms with E-state index in [1.54, 1.807) is 7.05 Å². The predicted molar refractivity (Wildman–Crippen MR) is 93.3 cm³/mol. The fraction of sp³-hybridized carbons (Fsp3) is 0.500. The largest absolute Gasteiger partial charge is 0.370 e. The summed E-state index contributed by atoms with van der Waals surface area (Å²) in [5.41, 5.74) is 6.80. The van der Waals surface area contributed by atoms with E-state index in [4.69, 9.17) is 15.0 Å². The van der Waals surface area contributed by atoms with Gasteiger partial charge in [-0.2, -0.15) is 4.98 Å². The summed E-state index contributed by atoms with van der Waals surface area (Å²) in [5, 5.41) is 3.93. The topological polar surface area (TPSA) is 94.5 Å². The molecule has 2 rings (SSSR count). The summed E-state index contributed by atoms with van der Waals surface area (Å²) in [6, 6.07) is 8.52. The maximum atomic E-state index is 12.5. The molecule has 136 valence electrons. The number of amides is 1. The van der Waals surface area contributed by atoms with Crippen LogP contribution in [-0.4, -0.2) is 34.6 Å². The summed E-state index contributed by atoms with van der Waals surface area (Å²) in [6.07, 6.45) is -0.257. The fourth-order valence-electron chi connectivity index (χ4n) is 2.23. The molecule has 2 N–H and O–H groups in total. The number of carbonyl (C=O) groups excluding carboxylic acids is 1. The van der Waals surface area contributed by atoms with Gasteiger partial charge < -0.3 is 19.9 Å². The Morgan fingerprint density at radius 3 is 2.60 bits per heavy atom. The first kappa shape index (κ1) is 19.1. The number of hydrogen-bond donors (Lipinski definition) is 1. The van der Waals surface area contributed by atoms with Crippen LogP contribution in [0.15, 0.2) is 34.9 Å². The average molecular weight is 346 g/mol. The van der Waals surface area contributed by atoms with Crippen LogP contribution in [0, 0.1) is 5.92 Å². The van der Waals surface area contributed by atoms with Crippen LogP contribution in [0.25, 0.3) is 0 Å². The molecule has 0 aliphatic carbocycles. The van der Waals surface area contributed by atoms with E-state index in [0.29, 0.717) is 24.2 Å². The normalized spacial score (nSPS) is 13.7. The van der Waals surface area contributed by atoms with Gasteiger partial charge in [-0.05, 0) is 18.4 Å². The first-order valence-corrected chi connectivity index (χ1v) is 8.38. The van der Waals surface area contributed by atoms with E-state index in [1.165, 1.54) is 4.90 Å². The number of ether oxygens (including phenoxy) is 1. The van der Waals surface area contributed by atoms with Crippen LogP contribution >= 0.6 is 0 Å². The Morgan fingerprint density at radius 1 is 1.28 bits per heavy atom. The lowest BCUT2D eigenvalue weighted by Crippen LogP contribution is -2.35. The Labute approximate surface area is 148 Å². The molecule has 2 atom stereocenters. The summed E-state index contributed by atoms with van der Waals surface area (Å²) in [5.74, 6) is 1.04. The van der Waals surface area contributed by atoms with E-state index in [-0.39, 0.29) is 18.6 Å². The number of hydrogen-bond acceptors (Lipinski definition) is 6. The quantitative estimate of drug-likeness (QED) is 0.789. The van der Waals surface area contributed by atoms with Crippen molar-refractivity contribution in [3.63, 3.8) is 0 Å². The zero-order valence-corrected chi connectivity index (χ0v) is 15.2. The van der Waals surface area contributed by atoms with Gasteiger partial charge in [0.1, 0.15) is 12.1 Å². The van der Waals surface area contributed by atoms with Crippen molar-refractivity contribution in [3.05, 3.63) is 47.6 Å². The molecule has 0 bridgehead atoms. The molecular formula is C18H26N4O3. The third-order valence-electron chi connectivity index (χ3n) is 3.70. The van der Waals surface area contributed by atoms with Gasteiger partial charge in [0.25, 0.3) is 0 Å². The standard InChI is InChI=1S/C18H26N4O3/c1-12(2)11-24-13(3)17-20-15(25-21-17)10-22(4)18(23)16(19)14-8-6-5-7-9-14/h5-9,12-13,16H,10-11,19H2,1-4H3. The number of benzene rings is 1. The smallest absolute Gasteiger partial charge is 0.246 e. The van der Waals surface area contributed by atoms with Gasteiger partial charge in [0.2, 0.25) is 11.8 Å². The Bertz CT molecular complexity index is 672. The summed E-state index contributed by atoms with van der Waals surface area (Å²) in [7, 11) is 1.66. The molecule has 2 aromatic rings. The highest BCUT2D eigenvalue weighted by molar-refractivity contribution is 5.82. The highest BCUT2D eigenvalue weighted by Gasteiger charge is 2.22. The van der Waals surface area contributed by atoms with Crippen LogP contribution in [0.3, 0.4) is 0 Å². The number of aromatic nitrogens is 2. The molecular weight excluding hydrogens is 320 g/mol. The van der Waals surface area contributed by atoms with Gasteiger partial charge in [-0.3, -0.25) is 4.79 Å². The van der Waals surface area contributed by atoms with E-state index < -0.39 is 6.04 Å². The minimum Gasteiger partial charge on any atom is -0.370 e. The Balaban J connectivity index is 1.94. The second-order valence-electron chi connectivity index (χ2n) is 6.50. The lowest BCUT2D eigenvalue weighted by molar-refractivity contribution is -0.132. The van der Waals surface area contributed by atoms with E-state index in [2.05, 4.69) is 24.0 Å². The molecule has 0 aliphatic rings. The zero-order valence-electron chi connectivity index (χ0n) is 15.2. The van der Waals surface area contributed by atoms with Crippen molar-refractivity contribution >= 4 is 5.91 Å². The molecule has 1 aromatic carbocycles. The van der Waals surface area contributed by atoms with Crippen LogP contribution in [0.5, 0.6) is 0 Å². The van der Waals surface area contributed by atoms with Gasteiger partial charge >= 0.3 is 0 Å². The molecule has 7 nitrogen and oxygen atoms in total. The summed E-state index contributed by atoms with van der Waals surface area (Å²) >= 11 is 0. The van der Waals surface area contributed by atoms with Crippen LogP contribution < -0.4 is 5.73 Å². The molecule has 7 heteroatoms. The minimum absolute atomic E-state index is 0.198. The number of nitrogens with two attached hydrogens (primary N) is 1. The lowest BCUT2D eigenvalue weighted by Gasteiger charge is -2.19. The highest BCUT2D eigenvalue weighted by atomic mass is 16.5. The number of nitrogens with zero attached hydrogens (tertiary/aromatic N) is 3. The number of carbonyl (C=O) groups is 1. The second-order valence-corrected chi connectivity index (χ2v) is 6.50. The highest BCUT2D eigenvalue weighted by Crippen LogP contribution is 2.16. The molecule has 2 unspecified atom stereocenters. The monoisotopic (exact) mass is 346 g/mol. The number of rotatable bonds is 8. The second kappa shape index (κ2) is 8.73.